The van der Waals surface area contributed by atoms with Gasteiger partial charge in [0.15, 0.2) is 0 Å². The van der Waals surface area contributed by atoms with Gasteiger partial charge < -0.3 is 15.5 Å². The highest BCUT2D eigenvalue weighted by Gasteiger charge is 1.92. The maximum atomic E-state index is 9.44. The molecule has 0 aliphatic heterocycles. The van der Waals surface area contributed by atoms with Crippen LogP contribution in [-0.4, -0.2) is 10.8 Å². The molecular formula is C11H14N2O. The van der Waals surface area contributed by atoms with Crippen molar-refractivity contribution in [3.63, 3.8) is 0 Å². The number of hydrogen-bond acceptors (Lipinski definition) is 2. The summed E-state index contributed by atoms with van der Waals surface area (Å²) >= 11 is 0. The van der Waals surface area contributed by atoms with E-state index in [1.54, 1.807) is 0 Å². The number of carbonyl (C=O) groups is 1. The van der Waals surface area contributed by atoms with Gasteiger partial charge in [-0.1, -0.05) is 18.2 Å². The Hall–Kier alpha value is -1.77. The van der Waals surface area contributed by atoms with Crippen molar-refractivity contribution in [1.82, 2.24) is 4.98 Å². The van der Waals surface area contributed by atoms with E-state index in [0.29, 0.717) is 0 Å². The minimum atomic E-state index is 0.167. The third-order valence-electron chi connectivity index (χ3n) is 1.55. The fourth-order valence-corrected chi connectivity index (χ4v) is 1.10. The van der Waals surface area contributed by atoms with E-state index in [1.807, 2.05) is 30.3 Å². The van der Waals surface area contributed by atoms with Crippen LogP contribution in [0.5, 0.6) is 0 Å². The maximum absolute atomic E-state index is 9.44. The lowest BCUT2D eigenvalue weighted by molar-refractivity contribution is -0.114. The van der Waals surface area contributed by atoms with Crippen LogP contribution < -0.4 is 5.73 Å². The average molecular weight is 190 g/mol. The monoisotopic (exact) mass is 190 g/mol. The number of Topliss-reactive ketones (excluding diaryl/α,β-unsaturated/α-hetero) is 1. The van der Waals surface area contributed by atoms with Crippen molar-refractivity contribution < 1.29 is 4.79 Å². The molecule has 1 heterocycles. The van der Waals surface area contributed by atoms with Gasteiger partial charge in [-0.15, -0.1) is 0 Å². The summed E-state index contributed by atoms with van der Waals surface area (Å²) in [6.07, 6.45) is 0. The van der Waals surface area contributed by atoms with Crippen LogP contribution in [-0.2, 0) is 4.79 Å². The van der Waals surface area contributed by atoms with Crippen molar-refractivity contribution in [1.29, 1.82) is 0 Å². The second-order valence-electron chi connectivity index (χ2n) is 3.22. The van der Waals surface area contributed by atoms with Gasteiger partial charge in [0.1, 0.15) is 11.6 Å². The number of aromatic amines is 1. The molecule has 0 atom stereocenters. The number of carbonyl (C=O) groups excluding carboxylic acids is 1. The number of nitrogens with one attached hydrogen (secondary N) is 1. The van der Waals surface area contributed by atoms with Crippen molar-refractivity contribution in [2.45, 2.75) is 13.8 Å². The van der Waals surface area contributed by atoms with Crippen LogP contribution >= 0.6 is 0 Å². The zero-order valence-corrected chi connectivity index (χ0v) is 8.37. The number of ketones is 1. The lowest BCUT2D eigenvalue weighted by Gasteiger charge is -1.83. The molecule has 0 aliphatic rings. The van der Waals surface area contributed by atoms with Crippen LogP contribution in [0.15, 0.2) is 30.3 Å². The Balaban J connectivity index is 0.000000213. The number of aromatic nitrogens is 1. The smallest absolute Gasteiger partial charge is 0.126 e. The van der Waals surface area contributed by atoms with Gasteiger partial charge in [-0.25, -0.2) is 0 Å². The fraction of sp³-hybridized carbons (Fsp3) is 0.182. The Morgan fingerprint density at radius 1 is 1.29 bits per heavy atom. The Labute approximate surface area is 82.9 Å². The summed E-state index contributed by atoms with van der Waals surface area (Å²) in [4.78, 5) is 12.5. The zero-order valence-electron chi connectivity index (χ0n) is 8.37. The van der Waals surface area contributed by atoms with Gasteiger partial charge in [-0.2, -0.15) is 0 Å². The first-order valence-corrected chi connectivity index (χ1v) is 4.40. The predicted octanol–water partition coefficient (Wildman–Crippen LogP) is 2.35. The number of nitrogen functional groups attached to an aromatic ring is 1. The average Bonchev–Trinajstić information content (AvgIpc) is 2.42. The molecule has 2 aromatic rings. The summed E-state index contributed by atoms with van der Waals surface area (Å²) in [5.74, 6) is 0.890. The molecule has 14 heavy (non-hydrogen) atoms. The summed E-state index contributed by atoms with van der Waals surface area (Å²) < 4.78 is 0. The lowest BCUT2D eigenvalue weighted by Crippen LogP contribution is -1.80. The van der Waals surface area contributed by atoms with Crippen LogP contribution in [0.1, 0.15) is 13.8 Å². The second kappa shape index (κ2) is 4.46. The Morgan fingerprint density at radius 2 is 1.86 bits per heavy atom. The predicted molar refractivity (Wildman–Crippen MR) is 59.1 cm³/mol. The number of fused-ring (bicyclic) bond motifs is 1. The van der Waals surface area contributed by atoms with Crippen molar-refractivity contribution in [2.75, 3.05) is 5.73 Å². The Kier molecular flexibility index (Phi) is 3.29. The molecule has 0 saturated heterocycles. The normalized spacial score (nSPS) is 9.29. The van der Waals surface area contributed by atoms with Crippen molar-refractivity contribution in [3.05, 3.63) is 30.3 Å². The molecule has 1 aromatic carbocycles. The first-order chi connectivity index (χ1) is 6.59. The van der Waals surface area contributed by atoms with Crippen molar-refractivity contribution in [3.8, 4) is 0 Å². The Bertz CT molecular complexity index is 395. The van der Waals surface area contributed by atoms with Gasteiger partial charge in [0, 0.05) is 10.9 Å². The highest BCUT2D eigenvalue weighted by Crippen LogP contribution is 2.14. The summed E-state index contributed by atoms with van der Waals surface area (Å²) in [5, 5.41) is 1.17. The van der Waals surface area contributed by atoms with Gasteiger partial charge in [0.05, 0.1) is 0 Å². The van der Waals surface area contributed by atoms with E-state index in [1.165, 1.54) is 19.2 Å². The minimum Gasteiger partial charge on any atom is -0.385 e. The molecule has 0 bridgehead atoms. The molecule has 0 spiro atoms. The van der Waals surface area contributed by atoms with Gasteiger partial charge in [0.25, 0.3) is 0 Å². The molecule has 0 aliphatic carbocycles. The highest BCUT2D eigenvalue weighted by molar-refractivity contribution is 5.83. The zero-order chi connectivity index (χ0) is 10.6. The van der Waals surface area contributed by atoms with E-state index in [9.17, 15) is 4.79 Å². The van der Waals surface area contributed by atoms with Crippen LogP contribution in [0.25, 0.3) is 10.9 Å². The van der Waals surface area contributed by atoms with E-state index in [2.05, 4.69) is 4.98 Å². The second-order valence-corrected chi connectivity index (χ2v) is 3.22. The molecule has 0 unspecified atom stereocenters. The van der Waals surface area contributed by atoms with E-state index in [0.717, 1.165) is 11.3 Å². The molecule has 1 aromatic heterocycles. The first kappa shape index (κ1) is 10.3. The maximum Gasteiger partial charge on any atom is 0.126 e. The lowest BCUT2D eigenvalue weighted by atomic mass is 10.3. The molecule has 3 heteroatoms. The molecule has 3 N–H and O–H groups in total. The van der Waals surface area contributed by atoms with E-state index >= 15 is 0 Å². The number of para-hydroxylation sites is 1. The quantitative estimate of drug-likeness (QED) is 0.669. The van der Waals surface area contributed by atoms with Crippen LogP contribution in [0, 0.1) is 0 Å². The van der Waals surface area contributed by atoms with E-state index < -0.39 is 0 Å². The third kappa shape index (κ3) is 2.94. The molecular weight excluding hydrogens is 176 g/mol. The van der Waals surface area contributed by atoms with Gasteiger partial charge in [-0.05, 0) is 26.0 Å². The van der Waals surface area contributed by atoms with E-state index in [-0.39, 0.29) is 5.78 Å². The summed E-state index contributed by atoms with van der Waals surface area (Å²) in [6.45, 7) is 3.06. The SMILES string of the molecule is CC(C)=O.Nc1cc2ccccc2[nH]1. The molecule has 2 rings (SSSR count). The standard InChI is InChI=1S/C8H8N2.C3H6O/c9-8-5-6-3-1-2-4-7(6)10-8;1-3(2)4/h1-5,10H,9H2;1-2H3. The molecule has 0 saturated carbocycles. The van der Waals surface area contributed by atoms with Crippen LogP contribution in [0.3, 0.4) is 0 Å². The molecule has 0 fully saturated rings. The highest BCUT2D eigenvalue weighted by atomic mass is 16.1. The number of anilines is 1. The number of rotatable bonds is 0. The Morgan fingerprint density at radius 3 is 2.43 bits per heavy atom. The molecule has 0 amide bonds. The first-order valence-electron chi connectivity index (χ1n) is 4.40. The van der Waals surface area contributed by atoms with Gasteiger partial charge >= 0.3 is 0 Å². The fourth-order valence-electron chi connectivity index (χ4n) is 1.10. The van der Waals surface area contributed by atoms with Crippen LogP contribution in [0.4, 0.5) is 5.82 Å². The van der Waals surface area contributed by atoms with Gasteiger partial charge in [-0.3, -0.25) is 0 Å². The molecule has 3 nitrogen and oxygen atoms in total. The third-order valence-corrected chi connectivity index (χ3v) is 1.55. The topological polar surface area (TPSA) is 58.9 Å². The van der Waals surface area contributed by atoms with E-state index in [4.69, 9.17) is 5.73 Å². The molecule has 0 radical (unpaired) electrons. The number of hydrogen-bond donors (Lipinski definition) is 2. The number of H-pyrrole nitrogens is 1. The largest absolute Gasteiger partial charge is 0.385 e. The summed E-state index contributed by atoms with van der Waals surface area (Å²) in [7, 11) is 0. The minimum absolute atomic E-state index is 0.167. The number of nitrogens with two attached hydrogens (primary N) is 1. The van der Waals surface area contributed by atoms with Crippen LogP contribution in [0.2, 0.25) is 0 Å². The summed E-state index contributed by atoms with van der Waals surface area (Å²) in [5.41, 5.74) is 6.63. The summed E-state index contributed by atoms with van der Waals surface area (Å²) in [6, 6.07) is 9.94. The van der Waals surface area contributed by atoms with Crippen molar-refractivity contribution in [2.24, 2.45) is 0 Å². The van der Waals surface area contributed by atoms with Crippen molar-refractivity contribution >= 4 is 22.5 Å². The molecule has 74 valence electrons. The van der Waals surface area contributed by atoms with Gasteiger partial charge in [0.2, 0.25) is 0 Å². The number of benzene rings is 1.